The van der Waals surface area contributed by atoms with Crippen LogP contribution in [0.1, 0.15) is 23.6 Å². The molecule has 0 spiro atoms. The molecule has 2 rings (SSSR count). The van der Waals surface area contributed by atoms with Gasteiger partial charge in [-0.2, -0.15) is 0 Å². The standard InChI is InChI=1S/C21H24ClFN2O3/c1-13-9-17(10-14(2)20(13)22)28-12-19(26)25(15(3)21(27)24-4)11-16-7-5-6-8-18(16)23/h5-10,15H,11-12H2,1-4H3,(H,24,27). The van der Waals surface area contributed by atoms with E-state index in [0.29, 0.717) is 16.3 Å². The van der Waals surface area contributed by atoms with E-state index in [1.807, 2.05) is 13.8 Å². The zero-order chi connectivity index (χ0) is 20.8. The number of carbonyl (C=O) groups excluding carboxylic acids is 2. The van der Waals surface area contributed by atoms with Gasteiger partial charge in [-0.05, 0) is 50.1 Å². The zero-order valence-corrected chi connectivity index (χ0v) is 17.1. The Morgan fingerprint density at radius 1 is 1.21 bits per heavy atom. The lowest BCUT2D eigenvalue weighted by molar-refractivity contribution is -0.142. The van der Waals surface area contributed by atoms with Gasteiger partial charge in [0, 0.05) is 24.2 Å². The average Bonchev–Trinajstić information content (AvgIpc) is 2.68. The summed E-state index contributed by atoms with van der Waals surface area (Å²) in [6.07, 6.45) is 0. The zero-order valence-electron chi connectivity index (χ0n) is 16.4. The van der Waals surface area contributed by atoms with Gasteiger partial charge in [0.2, 0.25) is 5.91 Å². The number of rotatable bonds is 7. The predicted octanol–water partition coefficient (Wildman–Crippen LogP) is 3.64. The summed E-state index contributed by atoms with van der Waals surface area (Å²) in [5, 5.41) is 3.16. The van der Waals surface area contributed by atoms with Crippen LogP contribution in [0.15, 0.2) is 36.4 Å². The van der Waals surface area contributed by atoms with E-state index in [-0.39, 0.29) is 19.1 Å². The van der Waals surface area contributed by atoms with Crippen LogP contribution in [0, 0.1) is 19.7 Å². The molecule has 0 saturated heterocycles. The highest BCUT2D eigenvalue weighted by atomic mass is 35.5. The highest BCUT2D eigenvalue weighted by Crippen LogP contribution is 2.26. The van der Waals surface area contributed by atoms with E-state index in [0.717, 1.165) is 11.1 Å². The van der Waals surface area contributed by atoms with Gasteiger partial charge in [-0.1, -0.05) is 29.8 Å². The fraction of sp³-hybridized carbons (Fsp3) is 0.333. The molecule has 2 amide bonds. The summed E-state index contributed by atoms with van der Waals surface area (Å²) in [5.74, 6) is -0.701. The molecule has 2 aromatic carbocycles. The van der Waals surface area contributed by atoms with E-state index in [2.05, 4.69) is 5.32 Å². The molecule has 7 heteroatoms. The molecule has 0 heterocycles. The van der Waals surface area contributed by atoms with Crippen LogP contribution in [-0.4, -0.2) is 36.4 Å². The first kappa shape index (κ1) is 21.7. The molecule has 0 aliphatic rings. The maximum Gasteiger partial charge on any atom is 0.261 e. The van der Waals surface area contributed by atoms with Gasteiger partial charge in [0.15, 0.2) is 6.61 Å². The lowest BCUT2D eigenvalue weighted by atomic mass is 10.1. The van der Waals surface area contributed by atoms with Crippen LogP contribution in [0.25, 0.3) is 0 Å². The highest BCUT2D eigenvalue weighted by molar-refractivity contribution is 6.32. The normalized spacial score (nSPS) is 11.6. The molecule has 0 radical (unpaired) electrons. The Hall–Kier alpha value is -2.60. The smallest absolute Gasteiger partial charge is 0.261 e. The van der Waals surface area contributed by atoms with Crippen molar-refractivity contribution in [2.24, 2.45) is 0 Å². The molecule has 28 heavy (non-hydrogen) atoms. The molecule has 0 aromatic heterocycles. The summed E-state index contributed by atoms with van der Waals surface area (Å²) < 4.78 is 19.7. The van der Waals surface area contributed by atoms with Crippen molar-refractivity contribution in [3.05, 3.63) is 63.9 Å². The Kier molecular flexibility index (Phi) is 7.40. The van der Waals surface area contributed by atoms with E-state index < -0.39 is 17.8 Å². The molecule has 1 N–H and O–H groups in total. The topological polar surface area (TPSA) is 58.6 Å². The van der Waals surface area contributed by atoms with E-state index in [1.54, 1.807) is 37.3 Å². The quantitative estimate of drug-likeness (QED) is 0.763. The number of ether oxygens (including phenoxy) is 1. The van der Waals surface area contributed by atoms with Crippen molar-refractivity contribution in [1.29, 1.82) is 0 Å². The highest BCUT2D eigenvalue weighted by Gasteiger charge is 2.26. The number of benzene rings is 2. The number of nitrogens with zero attached hydrogens (tertiary/aromatic N) is 1. The number of hydrogen-bond acceptors (Lipinski definition) is 3. The van der Waals surface area contributed by atoms with Crippen molar-refractivity contribution >= 4 is 23.4 Å². The van der Waals surface area contributed by atoms with Gasteiger partial charge in [0.1, 0.15) is 17.6 Å². The Morgan fingerprint density at radius 2 is 1.82 bits per heavy atom. The number of likely N-dealkylation sites (N-methyl/N-ethyl adjacent to an activating group) is 1. The Bertz CT molecular complexity index is 849. The number of hydrogen-bond donors (Lipinski definition) is 1. The van der Waals surface area contributed by atoms with Crippen LogP contribution in [0.2, 0.25) is 5.02 Å². The summed E-state index contributed by atoms with van der Waals surface area (Å²) >= 11 is 6.15. The predicted molar refractivity (Wildman–Crippen MR) is 107 cm³/mol. The van der Waals surface area contributed by atoms with Gasteiger partial charge in [-0.3, -0.25) is 9.59 Å². The number of aryl methyl sites for hydroxylation is 2. The second-order valence-corrected chi connectivity index (χ2v) is 6.94. The summed E-state index contributed by atoms with van der Waals surface area (Å²) in [7, 11) is 1.49. The molecule has 5 nitrogen and oxygen atoms in total. The molecule has 1 atom stereocenters. The van der Waals surface area contributed by atoms with Crippen molar-refractivity contribution in [1.82, 2.24) is 10.2 Å². The van der Waals surface area contributed by atoms with Crippen LogP contribution in [0.3, 0.4) is 0 Å². The minimum absolute atomic E-state index is 0.0396. The maximum absolute atomic E-state index is 14.1. The Labute approximate surface area is 169 Å². The second-order valence-electron chi connectivity index (χ2n) is 6.56. The number of nitrogens with one attached hydrogen (secondary N) is 1. The third-order valence-electron chi connectivity index (χ3n) is 4.48. The molecule has 2 aromatic rings. The lowest BCUT2D eigenvalue weighted by Gasteiger charge is -2.28. The van der Waals surface area contributed by atoms with Crippen LogP contribution in [0.5, 0.6) is 5.75 Å². The van der Waals surface area contributed by atoms with Gasteiger partial charge in [0.25, 0.3) is 5.91 Å². The van der Waals surface area contributed by atoms with Crippen molar-refractivity contribution in [2.75, 3.05) is 13.7 Å². The molecular weight excluding hydrogens is 383 g/mol. The summed E-state index contributed by atoms with van der Waals surface area (Å²) in [6, 6.07) is 8.85. The fourth-order valence-electron chi connectivity index (χ4n) is 2.82. The largest absolute Gasteiger partial charge is 0.484 e. The number of halogens is 2. The number of carbonyl (C=O) groups is 2. The molecular formula is C21H24ClFN2O3. The lowest BCUT2D eigenvalue weighted by Crippen LogP contribution is -2.48. The first-order valence-electron chi connectivity index (χ1n) is 8.88. The van der Waals surface area contributed by atoms with E-state index >= 15 is 0 Å². The van der Waals surface area contributed by atoms with Crippen LogP contribution in [0.4, 0.5) is 4.39 Å². The molecule has 1 unspecified atom stereocenters. The number of amides is 2. The third-order valence-corrected chi connectivity index (χ3v) is 5.08. The fourth-order valence-corrected chi connectivity index (χ4v) is 2.93. The Balaban J connectivity index is 2.19. The average molecular weight is 407 g/mol. The van der Waals surface area contributed by atoms with Crippen LogP contribution < -0.4 is 10.1 Å². The molecule has 0 fully saturated rings. The minimum atomic E-state index is -0.783. The minimum Gasteiger partial charge on any atom is -0.484 e. The van der Waals surface area contributed by atoms with E-state index in [1.165, 1.54) is 18.0 Å². The van der Waals surface area contributed by atoms with Crippen LogP contribution in [-0.2, 0) is 16.1 Å². The maximum atomic E-state index is 14.1. The molecule has 0 aliphatic heterocycles. The van der Waals surface area contributed by atoms with Crippen LogP contribution >= 0.6 is 11.6 Å². The van der Waals surface area contributed by atoms with Gasteiger partial charge in [-0.25, -0.2) is 4.39 Å². The second kappa shape index (κ2) is 9.55. The van der Waals surface area contributed by atoms with Crippen molar-refractivity contribution in [2.45, 2.75) is 33.4 Å². The molecule has 0 bridgehead atoms. The Morgan fingerprint density at radius 3 is 2.39 bits per heavy atom. The SMILES string of the molecule is CNC(=O)C(C)N(Cc1ccccc1F)C(=O)COc1cc(C)c(Cl)c(C)c1. The molecule has 0 saturated carbocycles. The molecule has 150 valence electrons. The van der Waals surface area contributed by atoms with Gasteiger partial charge in [-0.15, -0.1) is 0 Å². The van der Waals surface area contributed by atoms with E-state index in [4.69, 9.17) is 16.3 Å². The third kappa shape index (κ3) is 5.23. The monoisotopic (exact) mass is 406 g/mol. The first-order valence-corrected chi connectivity index (χ1v) is 9.26. The van der Waals surface area contributed by atoms with Crippen molar-refractivity contribution < 1.29 is 18.7 Å². The van der Waals surface area contributed by atoms with E-state index in [9.17, 15) is 14.0 Å². The first-order chi connectivity index (χ1) is 13.2. The van der Waals surface area contributed by atoms with Crippen molar-refractivity contribution in [3.8, 4) is 5.75 Å². The summed E-state index contributed by atoms with van der Waals surface area (Å²) in [5.41, 5.74) is 2.00. The van der Waals surface area contributed by atoms with Crippen molar-refractivity contribution in [3.63, 3.8) is 0 Å². The van der Waals surface area contributed by atoms with Gasteiger partial charge in [0.05, 0.1) is 0 Å². The summed E-state index contributed by atoms with van der Waals surface area (Å²) in [4.78, 5) is 26.2. The summed E-state index contributed by atoms with van der Waals surface area (Å²) in [6.45, 7) is 4.97. The van der Waals surface area contributed by atoms with Gasteiger partial charge < -0.3 is 15.0 Å². The van der Waals surface area contributed by atoms with Gasteiger partial charge >= 0.3 is 0 Å². The molecule has 0 aliphatic carbocycles.